The van der Waals surface area contributed by atoms with Crippen LogP contribution in [0.5, 0.6) is 5.75 Å². The van der Waals surface area contributed by atoms with Crippen LogP contribution in [0.4, 0.5) is 5.69 Å². The van der Waals surface area contributed by atoms with Gasteiger partial charge in [0.05, 0.1) is 17.5 Å². The van der Waals surface area contributed by atoms with Crippen molar-refractivity contribution < 1.29 is 14.3 Å². The third-order valence-electron chi connectivity index (χ3n) is 5.92. The summed E-state index contributed by atoms with van der Waals surface area (Å²) < 4.78 is 5.78. The summed E-state index contributed by atoms with van der Waals surface area (Å²) in [6.07, 6.45) is 5.15. The van der Waals surface area contributed by atoms with E-state index in [9.17, 15) is 9.59 Å². The van der Waals surface area contributed by atoms with E-state index in [4.69, 9.17) is 16.3 Å². The Labute approximate surface area is 162 Å². The number of allylic oxidation sites excluding steroid dienone is 2. The fraction of sp³-hybridized carbons (Fsp3) is 0.273. The van der Waals surface area contributed by atoms with Crippen LogP contribution in [-0.2, 0) is 16.2 Å². The number of ether oxygens (including phenoxy) is 1. The van der Waals surface area contributed by atoms with Crippen LogP contribution in [0.15, 0.2) is 60.7 Å². The minimum absolute atomic E-state index is 0.0633. The summed E-state index contributed by atoms with van der Waals surface area (Å²) in [5.74, 6) is 0.629. The molecule has 27 heavy (non-hydrogen) atoms. The fourth-order valence-electron chi connectivity index (χ4n) is 4.62. The first-order valence-corrected chi connectivity index (χ1v) is 9.53. The van der Waals surface area contributed by atoms with Crippen LogP contribution in [0.25, 0.3) is 0 Å². The molecule has 2 amide bonds. The van der Waals surface area contributed by atoms with E-state index in [0.717, 1.165) is 12.0 Å². The molecule has 5 heteroatoms. The molecule has 0 radical (unpaired) electrons. The molecule has 1 saturated carbocycles. The normalized spacial score (nSPS) is 28.1. The van der Waals surface area contributed by atoms with Gasteiger partial charge >= 0.3 is 0 Å². The Bertz CT molecular complexity index is 922. The maximum absolute atomic E-state index is 12.8. The number of nitrogens with zero attached hydrogens (tertiary/aromatic N) is 1. The van der Waals surface area contributed by atoms with Gasteiger partial charge in [-0.25, -0.2) is 0 Å². The second-order valence-electron chi connectivity index (χ2n) is 7.39. The lowest BCUT2D eigenvalue weighted by atomic mass is 9.85. The number of hydrogen-bond acceptors (Lipinski definition) is 3. The molecule has 4 unspecified atom stereocenters. The van der Waals surface area contributed by atoms with Gasteiger partial charge in [0.25, 0.3) is 0 Å². The summed E-state index contributed by atoms with van der Waals surface area (Å²) in [5, 5.41) is 0.664. The number of fused-ring (bicyclic) bond motifs is 5. The van der Waals surface area contributed by atoms with Crippen molar-refractivity contribution in [1.29, 1.82) is 0 Å². The van der Waals surface area contributed by atoms with Crippen LogP contribution in [0, 0.1) is 23.7 Å². The molecule has 2 aliphatic carbocycles. The maximum atomic E-state index is 12.8. The van der Waals surface area contributed by atoms with Gasteiger partial charge in [0.1, 0.15) is 12.4 Å². The molecule has 2 bridgehead atoms. The largest absolute Gasteiger partial charge is 0.489 e. The highest BCUT2D eigenvalue weighted by atomic mass is 35.5. The number of halogens is 1. The third kappa shape index (κ3) is 2.59. The average molecular weight is 380 g/mol. The molecule has 0 aromatic heterocycles. The lowest BCUT2D eigenvalue weighted by Crippen LogP contribution is -2.32. The highest BCUT2D eigenvalue weighted by molar-refractivity contribution is 6.31. The Morgan fingerprint density at radius 3 is 2.19 bits per heavy atom. The van der Waals surface area contributed by atoms with Gasteiger partial charge in [-0.1, -0.05) is 42.0 Å². The van der Waals surface area contributed by atoms with Crippen LogP contribution in [0.3, 0.4) is 0 Å². The highest BCUT2D eigenvalue weighted by Crippen LogP contribution is 2.53. The van der Waals surface area contributed by atoms with Crippen molar-refractivity contribution in [3.63, 3.8) is 0 Å². The van der Waals surface area contributed by atoms with E-state index in [1.807, 2.05) is 24.3 Å². The number of imide groups is 1. The Balaban J connectivity index is 1.32. The van der Waals surface area contributed by atoms with Gasteiger partial charge in [0, 0.05) is 10.6 Å². The standard InChI is InChI=1S/C22H18ClNO3/c23-18-4-2-1-3-15(18)12-27-17-9-7-16(8-10-17)24-21(25)19-13-5-6-14(11-13)20(19)22(24)26/h1-10,13-14,19-20H,11-12H2. The first-order valence-electron chi connectivity index (χ1n) is 9.16. The van der Waals surface area contributed by atoms with Crippen LogP contribution >= 0.6 is 11.6 Å². The number of hydrogen-bond donors (Lipinski definition) is 0. The van der Waals surface area contributed by atoms with Crippen molar-refractivity contribution in [3.05, 3.63) is 71.3 Å². The van der Waals surface area contributed by atoms with Crippen LogP contribution in [0.1, 0.15) is 12.0 Å². The van der Waals surface area contributed by atoms with Gasteiger partial charge in [-0.2, -0.15) is 0 Å². The monoisotopic (exact) mass is 379 g/mol. The second-order valence-corrected chi connectivity index (χ2v) is 7.79. The van der Waals surface area contributed by atoms with E-state index < -0.39 is 0 Å². The number of benzene rings is 2. The Hall–Kier alpha value is -2.59. The molecule has 0 N–H and O–H groups in total. The third-order valence-corrected chi connectivity index (χ3v) is 6.29. The molecule has 0 spiro atoms. The minimum Gasteiger partial charge on any atom is -0.489 e. The molecular weight excluding hydrogens is 362 g/mol. The number of amides is 2. The summed E-state index contributed by atoms with van der Waals surface area (Å²) in [7, 11) is 0. The Morgan fingerprint density at radius 2 is 1.56 bits per heavy atom. The Kier molecular flexibility index (Phi) is 3.83. The average Bonchev–Trinajstić information content (AvgIpc) is 3.36. The summed E-state index contributed by atoms with van der Waals surface area (Å²) in [6, 6.07) is 14.6. The minimum atomic E-state index is -0.177. The zero-order valence-corrected chi connectivity index (χ0v) is 15.3. The van der Waals surface area contributed by atoms with Gasteiger partial charge in [-0.3, -0.25) is 14.5 Å². The molecule has 136 valence electrons. The molecular formula is C22H18ClNO3. The summed E-state index contributed by atoms with van der Waals surface area (Å²) >= 11 is 6.14. The van der Waals surface area contributed by atoms with Gasteiger partial charge < -0.3 is 4.74 Å². The van der Waals surface area contributed by atoms with Crippen LogP contribution in [0.2, 0.25) is 5.02 Å². The van der Waals surface area contributed by atoms with Crippen LogP contribution < -0.4 is 9.64 Å². The van der Waals surface area contributed by atoms with E-state index in [-0.39, 0.29) is 35.5 Å². The fourth-order valence-corrected chi connectivity index (χ4v) is 4.82. The molecule has 2 aromatic rings. The SMILES string of the molecule is O=C1C2C3C=CC(C3)C2C(=O)N1c1ccc(OCc2ccccc2Cl)cc1. The predicted molar refractivity (Wildman–Crippen MR) is 102 cm³/mol. The molecule has 1 heterocycles. The number of anilines is 1. The van der Waals surface area contributed by atoms with Crippen molar-refractivity contribution >= 4 is 29.1 Å². The zero-order chi connectivity index (χ0) is 18.5. The number of carbonyl (C=O) groups is 2. The summed E-state index contributed by atoms with van der Waals surface area (Å²) in [5.41, 5.74) is 1.52. The Morgan fingerprint density at radius 1 is 0.926 bits per heavy atom. The quantitative estimate of drug-likeness (QED) is 0.590. The second kappa shape index (κ2) is 6.24. The summed E-state index contributed by atoms with van der Waals surface area (Å²) in [6.45, 7) is 0.361. The van der Waals surface area contributed by atoms with E-state index in [1.165, 1.54) is 4.90 Å². The van der Waals surface area contributed by atoms with Crippen molar-refractivity contribution in [1.82, 2.24) is 0 Å². The number of rotatable bonds is 4. The highest BCUT2D eigenvalue weighted by Gasteiger charge is 2.59. The van der Waals surface area contributed by atoms with Crippen molar-refractivity contribution in [2.45, 2.75) is 13.0 Å². The topological polar surface area (TPSA) is 46.6 Å². The van der Waals surface area contributed by atoms with E-state index in [1.54, 1.807) is 24.3 Å². The maximum Gasteiger partial charge on any atom is 0.238 e. The molecule has 1 saturated heterocycles. The van der Waals surface area contributed by atoms with E-state index >= 15 is 0 Å². The predicted octanol–water partition coefficient (Wildman–Crippen LogP) is 4.23. The van der Waals surface area contributed by atoms with Gasteiger partial charge in [-0.05, 0) is 48.6 Å². The van der Waals surface area contributed by atoms with Gasteiger partial charge in [0.2, 0.25) is 11.8 Å². The van der Waals surface area contributed by atoms with E-state index in [0.29, 0.717) is 23.1 Å². The molecule has 2 fully saturated rings. The molecule has 5 rings (SSSR count). The first kappa shape index (κ1) is 16.6. The van der Waals surface area contributed by atoms with Crippen molar-refractivity contribution in [2.24, 2.45) is 23.7 Å². The molecule has 3 aliphatic rings. The lowest BCUT2D eigenvalue weighted by molar-refractivity contribution is -0.123. The number of carbonyl (C=O) groups excluding carboxylic acids is 2. The first-order chi connectivity index (χ1) is 13.1. The lowest BCUT2D eigenvalue weighted by Gasteiger charge is -2.17. The summed E-state index contributed by atoms with van der Waals surface area (Å²) in [4.78, 5) is 27.1. The van der Waals surface area contributed by atoms with Crippen LogP contribution in [-0.4, -0.2) is 11.8 Å². The smallest absolute Gasteiger partial charge is 0.238 e. The van der Waals surface area contributed by atoms with Gasteiger partial charge in [0.15, 0.2) is 0 Å². The molecule has 1 aliphatic heterocycles. The van der Waals surface area contributed by atoms with E-state index in [2.05, 4.69) is 12.2 Å². The molecule has 4 atom stereocenters. The molecule has 4 nitrogen and oxygen atoms in total. The van der Waals surface area contributed by atoms with Gasteiger partial charge in [-0.15, -0.1) is 0 Å². The van der Waals surface area contributed by atoms with Crippen molar-refractivity contribution in [3.8, 4) is 5.75 Å². The molecule has 2 aromatic carbocycles. The zero-order valence-electron chi connectivity index (χ0n) is 14.5. The van der Waals surface area contributed by atoms with Crippen molar-refractivity contribution in [2.75, 3.05) is 4.90 Å².